The van der Waals surface area contributed by atoms with E-state index in [0.717, 1.165) is 25.7 Å². The van der Waals surface area contributed by atoms with Gasteiger partial charge in [0, 0.05) is 22.5 Å². The largest absolute Gasteiger partial charge is 0.326 e. The number of thiophene rings is 1. The molecule has 0 saturated carbocycles. The molecular formula is C20H23N3O3S. The molecule has 1 aliphatic rings. The van der Waals surface area contributed by atoms with Crippen LogP contribution in [0.4, 0.5) is 5.69 Å². The molecule has 27 heavy (non-hydrogen) atoms. The van der Waals surface area contributed by atoms with E-state index in [1.165, 1.54) is 28.2 Å². The molecule has 6 nitrogen and oxygen atoms in total. The van der Waals surface area contributed by atoms with E-state index in [1.807, 2.05) is 6.07 Å². The van der Waals surface area contributed by atoms with Gasteiger partial charge in [0.05, 0.1) is 4.88 Å². The second-order valence-electron chi connectivity index (χ2n) is 6.51. The van der Waals surface area contributed by atoms with Crippen molar-refractivity contribution in [1.29, 1.82) is 0 Å². The molecule has 0 aliphatic heterocycles. The second-order valence-corrected chi connectivity index (χ2v) is 7.65. The third-order valence-electron chi connectivity index (χ3n) is 4.49. The van der Waals surface area contributed by atoms with E-state index in [2.05, 4.69) is 16.2 Å². The number of hydrazine groups is 1. The van der Waals surface area contributed by atoms with Gasteiger partial charge in [-0.2, -0.15) is 0 Å². The van der Waals surface area contributed by atoms with Crippen molar-refractivity contribution in [2.24, 2.45) is 0 Å². The van der Waals surface area contributed by atoms with Crippen molar-refractivity contribution in [3.8, 4) is 0 Å². The minimum Gasteiger partial charge on any atom is -0.326 e. The van der Waals surface area contributed by atoms with Gasteiger partial charge in [0.15, 0.2) is 0 Å². The lowest BCUT2D eigenvalue weighted by Gasteiger charge is -2.08. The fourth-order valence-electron chi connectivity index (χ4n) is 3.01. The Balaban J connectivity index is 1.59. The van der Waals surface area contributed by atoms with Crippen LogP contribution in [0.1, 0.15) is 63.1 Å². The summed E-state index contributed by atoms with van der Waals surface area (Å²) >= 11 is 1.51. The zero-order valence-corrected chi connectivity index (χ0v) is 16.1. The molecule has 1 aromatic carbocycles. The molecule has 1 aromatic heterocycles. The molecule has 142 valence electrons. The van der Waals surface area contributed by atoms with E-state index in [0.29, 0.717) is 22.5 Å². The lowest BCUT2D eigenvalue weighted by molar-refractivity contribution is -0.115. The van der Waals surface area contributed by atoms with Gasteiger partial charge in [0.1, 0.15) is 0 Å². The van der Waals surface area contributed by atoms with Gasteiger partial charge in [-0.05, 0) is 55.5 Å². The molecular weight excluding hydrogens is 362 g/mol. The number of amides is 3. The molecule has 0 radical (unpaired) electrons. The van der Waals surface area contributed by atoms with Crippen LogP contribution in [0, 0.1) is 0 Å². The Bertz CT molecular complexity index is 836. The minimum absolute atomic E-state index is 0.127. The molecule has 0 spiro atoms. The summed E-state index contributed by atoms with van der Waals surface area (Å²) in [6, 6.07) is 8.52. The summed E-state index contributed by atoms with van der Waals surface area (Å²) in [5, 5.41) is 2.71. The Morgan fingerprint density at radius 3 is 2.59 bits per heavy atom. The summed E-state index contributed by atoms with van der Waals surface area (Å²) in [5.41, 5.74) is 7.07. The molecule has 7 heteroatoms. The van der Waals surface area contributed by atoms with E-state index >= 15 is 0 Å². The van der Waals surface area contributed by atoms with E-state index < -0.39 is 5.91 Å². The van der Waals surface area contributed by atoms with Crippen LogP contribution in [0.3, 0.4) is 0 Å². The van der Waals surface area contributed by atoms with Crippen LogP contribution in [0.2, 0.25) is 0 Å². The van der Waals surface area contributed by atoms with Crippen molar-refractivity contribution >= 4 is 34.7 Å². The highest BCUT2D eigenvalue weighted by atomic mass is 32.1. The van der Waals surface area contributed by atoms with Crippen LogP contribution in [0.5, 0.6) is 0 Å². The minimum atomic E-state index is -0.436. The Morgan fingerprint density at radius 1 is 1.00 bits per heavy atom. The number of hydrogen-bond donors (Lipinski definition) is 3. The van der Waals surface area contributed by atoms with Gasteiger partial charge in [0.2, 0.25) is 5.91 Å². The van der Waals surface area contributed by atoms with E-state index in [4.69, 9.17) is 0 Å². The highest BCUT2D eigenvalue weighted by molar-refractivity contribution is 7.14. The van der Waals surface area contributed by atoms with Crippen LogP contribution < -0.4 is 16.2 Å². The van der Waals surface area contributed by atoms with Crippen LogP contribution in [-0.4, -0.2) is 17.7 Å². The first-order valence-electron chi connectivity index (χ1n) is 9.19. The molecule has 3 amide bonds. The quantitative estimate of drug-likeness (QED) is 0.556. The highest BCUT2D eigenvalue weighted by Crippen LogP contribution is 2.28. The number of carbonyl (C=O) groups is 3. The monoisotopic (exact) mass is 385 g/mol. The van der Waals surface area contributed by atoms with E-state index in [9.17, 15) is 14.4 Å². The molecule has 1 aliphatic carbocycles. The smallest absolute Gasteiger partial charge is 0.279 e. The van der Waals surface area contributed by atoms with Crippen LogP contribution in [0.25, 0.3) is 0 Å². The Hall–Kier alpha value is -2.67. The normalized spacial score (nSPS) is 13.2. The van der Waals surface area contributed by atoms with Crippen molar-refractivity contribution in [2.75, 3.05) is 5.32 Å². The SMILES string of the molecule is CCC(=O)Nc1cccc(C(=O)NNC(=O)c2cc3c(s2)CCCCC3)c1. The number of nitrogens with one attached hydrogen (secondary N) is 3. The van der Waals surface area contributed by atoms with Crippen LogP contribution in [-0.2, 0) is 17.6 Å². The summed E-state index contributed by atoms with van der Waals surface area (Å²) in [5.74, 6) is -0.871. The van der Waals surface area contributed by atoms with Crippen molar-refractivity contribution in [2.45, 2.75) is 45.4 Å². The summed E-state index contributed by atoms with van der Waals surface area (Å²) in [4.78, 5) is 38.0. The maximum absolute atomic E-state index is 12.4. The molecule has 0 fully saturated rings. The fraction of sp³-hybridized carbons (Fsp3) is 0.350. The third-order valence-corrected chi connectivity index (χ3v) is 5.73. The summed E-state index contributed by atoms with van der Waals surface area (Å²) < 4.78 is 0. The second kappa shape index (κ2) is 8.81. The molecule has 3 rings (SSSR count). The van der Waals surface area contributed by atoms with Crippen molar-refractivity contribution in [3.05, 3.63) is 51.2 Å². The number of fused-ring (bicyclic) bond motifs is 1. The van der Waals surface area contributed by atoms with Crippen molar-refractivity contribution < 1.29 is 14.4 Å². The van der Waals surface area contributed by atoms with E-state index in [1.54, 1.807) is 31.2 Å². The molecule has 0 saturated heterocycles. The number of benzene rings is 1. The van der Waals surface area contributed by atoms with Crippen LogP contribution in [0.15, 0.2) is 30.3 Å². The van der Waals surface area contributed by atoms with Gasteiger partial charge in [0.25, 0.3) is 11.8 Å². The van der Waals surface area contributed by atoms with Gasteiger partial charge in [-0.3, -0.25) is 25.2 Å². The van der Waals surface area contributed by atoms with Crippen LogP contribution >= 0.6 is 11.3 Å². The first-order valence-corrected chi connectivity index (χ1v) is 10.0. The fourth-order valence-corrected chi connectivity index (χ4v) is 4.16. The maximum atomic E-state index is 12.4. The average Bonchev–Trinajstić information content (AvgIpc) is 2.96. The third kappa shape index (κ3) is 4.95. The number of anilines is 1. The zero-order valence-electron chi connectivity index (χ0n) is 15.3. The Morgan fingerprint density at radius 2 is 1.78 bits per heavy atom. The van der Waals surface area contributed by atoms with Gasteiger partial charge < -0.3 is 5.32 Å². The molecule has 0 unspecified atom stereocenters. The van der Waals surface area contributed by atoms with Gasteiger partial charge in [-0.25, -0.2) is 0 Å². The Kier molecular flexibility index (Phi) is 6.24. The number of hydrogen-bond acceptors (Lipinski definition) is 4. The number of carbonyl (C=O) groups excluding carboxylic acids is 3. The molecule has 2 aromatic rings. The summed E-state index contributed by atoms with van der Waals surface area (Å²) in [7, 11) is 0. The number of rotatable bonds is 4. The van der Waals surface area contributed by atoms with Gasteiger partial charge in [-0.15, -0.1) is 11.3 Å². The van der Waals surface area contributed by atoms with Gasteiger partial charge in [-0.1, -0.05) is 19.4 Å². The van der Waals surface area contributed by atoms with Crippen molar-refractivity contribution in [1.82, 2.24) is 10.9 Å². The first kappa shape index (κ1) is 19.1. The topological polar surface area (TPSA) is 87.3 Å². The first-order chi connectivity index (χ1) is 13.1. The lowest BCUT2D eigenvalue weighted by Crippen LogP contribution is -2.41. The molecule has 0 bridgehead atoms. The lowest BCUT2D eigenvalue weighted by atomic mass is 10.1. The summed E-state index contributed by atoms with van der Waals surface area (Å²) in [6.45, 7) is 1.76. The van der Waals surface area contributed by atoms with Crippen molar-refractivity contribution in [3.63, 3.8) is 0 Å². The van der Waals surface area contributed by atoms with Gasteiger partial charge >= 0.3 is 0 Å². The zero-order chi connectivity index (χ0) is 19.2. The number of aryl methyl sites for hydroxylation is 2. The maximum Gasteiger partial charge on any atom is 0.279 e. The average molecular weight is 385 g/mol. The standard InChI is InChI=1S/C20H23N3O3S/c1-2-18(24)21-15-9-6-8-14(11-15)19(25)22-23-20(26)17-12-13-7-4-3-5-10-16(13)27-17/h6,8-9,11-12H,2-5,7,10H2,1H3,(H,21,24)(H,22,25)(H,23,26). The molecule has 3 N–H and O–H groups in total. The summed E-state index contributed by atoms with van der Waals surface area (Å²) in [6.07, 6.45) is 5.95. The predicted molar refractivity (Wildman–Crippen MR) is 106 cm³/mol. The molecule has 0 atom stereocenters. The predicted octanol–water partition coefficient (Wildman–Crippen LogP) is 3.44. The Labute approximate surface area is 162 Å². The highest BCUT2D eigenvalue weighted by Gasteiger charge is 2.17. The van der Waals surface area contributed by atoms with E-state index in [-0.39, 0.29) is 11.8 Å². The molecule has 1 heterocycles.